The van der Waals surface area contributed by atoms with Crippen LogP contribution in [0.3, 0.4) is 0 Å². The van der Waals surface area contributed by atoms with Gasteiger partial charge in [0.15, 0.2) is 0 Å². The smallest absolute Gasteiger partial charge is 0.242 e. The first-order valence-electron chi connectivity index (χ1n) is 10.9. The third-order valence-electron chi connectivity index (χ3n) is 5.26. The van der Waals surface area contributed by atoms with E-state index < -0.39 is 6.04 Å². The molecule has 0 radical (unpaired) electrons. The summed E-state index contributed by atoms with van der Waals surface area (Å²) in [5.41, 5.74) is 2.12. The van der Waals surface area contributed by atoms with Crippen LogP contribution in [0.15, 0.2) is 72.8 Å². The summed E-state index contributed by atoms with van der Waals surface area (Å²) in [4.78, 5) is 36.5. The standard InChI is InChI=1S/C26H29N3O3/c1-19(26(32)28-18-22-12-7-11-21-10-5-6-13-23(21)22)29-25(31)16-17-27-24(30)15-14-20-8-3-2-4-9-20/h2-13,19H,14-18H2,1H3,(H,27,30)(H,28,32)(H,29,31). The van der Waals surface area contributed by atoms with Crippen molar-refractivity contribution in [2.45, 2.75) is 38.8 Å². The van der Waals surface area contributed by atoms with E-state index in [1.807, 2.05) is 72.8 Å². The van der Waals surface area contributed by atoms with Gasteiger partial charge in [-0.3, -0.25) is 14.4 Å². The molecule has 3 rings (SSSR count). The predicted molar refractivity (Wildman–Crippen MR) is 126 cm³/mol. The zero-order chi connectivity index (χ0) is 22.8. The molecule has 0 aliphatic heterocycles. The highest BCUT2D eigenvalue weighted by atomic mass is 16.2. The maximum Gasteiger partial charge on any atom is 0.242 e. The van der Waals surface area contributed by atoms with Crippen molar-refractivity contribution in [2.75, 3.05) is 6.54 Å². The minimum Gasteiger partial charge on any atom is -0.356 e. The van der Waals surface area contributed by atoms with Crippen LogP contribution in [0.25, 0.3) is 10.8 Å². The van der Waals surface area contributed by atoms with Crippen LogP contribution in [0.4, 0.5) is 0 Å². The number of benzene rings is 3. The van der Waals surface area contributed by atoms with Crippen molar-refractivity contribution in [3.8, 4) is 0 Å². The molecule has 0 heterocycles. The molecule has 0 aromatic heterocycles. The van der Waals surface area contributed by atoms with Gasteiger partial charge in [-0.1, -0.05) is 72.8 Å². The number of aryl methyl sites for hydroxylation is 1. The van der Waals surface area contributed by atoms with E-state index in [9.17, 15) is 14.4 Å². The molecule has 0 spiro atoms. The first-order chi connectivity index (χ1) is 15.5. The zero-order valence-electron chi connectivity index (χ0n) is 18.3. The van der Waals surface area contributed by atoms with Gasteiger partial charge < -0.3 is 16.0 Å². The third kappa shape index (κ3) is 6.94. The van der Waals surface area contributed by atoms with Crippen molar-refractivity contribution in [1.82, 2.24) is 16.0 Å². The van der Waals surface area contributed by atoms with Gasteiger partial charge in [-0.05, 0) is 35.2 Å². The van der Waals surface area contributed by atoms with Gasteiger partial charge in [0.1, 0.15) is 6.04 Å². The van der Waals surface area contributed by atoms with Crippen molar-refractivity contribution in [1.29, 1.82) is 0 Å². The summed E-state index contributed by atoms with van der Waals surface area (Å²) in [6.45, 7) is 2.27. The summed E-state index contributed by atoms with van der Waals surface area (Å²) in [6.07, 6.45) is 1.16. The second-order valence-electron chi connectivity index (χ2n) is 7.73. The van der Waals surface area contributed by atoms with Crippen LogP contribution in [0.2, 0.25) is 0 Å². The van der Waals surface area contributed by atoms with E-state index in [0.29, 0.717) is 19.4 Å². The Bertz CT molecular complexity index is 1060. The highest BCUT2D eigenvalue weighted by Crippen LogP contribution is 2.18. The van der Waals surface area contributed by atoms with Gasteiger partial charge in [-0.25, -0.2) is 0 Å². The number of fused-ring (bicyclic) bond motifs is 1. The molecule has 0 saturated heterocycles. The Morgan fingerprint density at radius 3 is 2.31 bits per heavy atom. The normalized spacial score (nSPS) is 11.5. The average molecular weight is 432 g/mol. The van der Waals surface area contributed by atoms with Gasteiger partial charge in [-0.2, -0.15) is 0 Å². The molecule has 0 fully saturated rings. The maximum absolute atomic E-state index is 12.4. The number of rotatable bonds is 10. The Labute approximate surface area is 188 Å². The second kappa shape index (κ2) is 11.6. The van der Waals surface area contributed by atoms with Crippen LogP contribution in [0.1, 0.15) is 30.9 Å². The summed E-state index contributed by atoms with van der Waals surface area (Å²) < 4.78 is 0. The van der Waals surface area contributed by atoms with Crippen molar-refractivity contribution in [3.63, 3.8) is 0 Å². The van der Waals surface area contributed by atoms with Gasteiger partial charge in [0.2, 0.25) is 17.7 Å². The summed E-state index contributed by atoms with van der Waals surface area (Å²) in [6, 6.07) is 23.1. The maximum atomic E-state index is 12.4. The van der Waals surface area contributed by atoms with Gasteiger partial charge >= 0.3 is 0 Å². The molecule has 3 amide bonds. The number of hydrogen-bond acceptors (Lipinski definition) is 3. The highest BCUT2D eigenvalue weighted by molar-refractivity contribution is 5.89. The molecule has 0 aliphatic rings. The Hall–Kier alpha value is -3.67. The predicted octanol–water partition coefficient (Wildman–Crippen LogP) is 3.10. The topological polar surface area (TPSA) is 87.3 Å². The first kappa shape index (κ1) is 23.0. The summed E-state index contributed by atoms with van der Waals surface area (Å²) in [7, 11) is 0. The highest BCUT2D eigenvalue weighted by Gasteiger charge is 2.15. The molecular weight excluding hydrogens is 402 g/mol. The number of hydrogen-bond donors (Lipinski definition) is 3. The van der Waals surface area contributed by atoms with Gasteiger partial charge in [0.05, 0.1) is 0 Å². The minimum atomic E-state index is -0.661. The lowest BCUT2D eigenvalue weighted by Gasteiger charge is -2.15. The molecule has 0 saturated carbocycles. The molecule has 166 valence electrons. The van der Waals surface area contributed by atoms with Crippen LogP contribution in [-0.4, -0.2) is 30.3 Å². The Kier molecular flexibility index (Phi) is 8.37. The fourth-order valence-electron chi connectivity index (χ4n) is 3.47. The average Bonchev–Trinajstić information content (AvgIpc) is 2.81. The lowest BCUT2D eigenvalue weighted by Crippen LogP contribution is -2.45. The van der Waals surface area contributed by atoms with Crippen molar-refractivity contribution < 1.29 is 14.4 Å². The number of nitrogens with one attached hydrogen (secondary N) is 3. The lowest BCUT2D eigenvalue weighted by molar-refractivity contribution is -0.128. The van der Waals surface area contributed by atoms with E-state index in [0.717, 1.165) is 21.9 Å². The summed E-state index contributed by atoms with van der Waals surface area (Å²) >= 11 is 0. The Balaban J connectivity index is 1.35. The quantitative estimate of drug-likeness (QED) is 0.461. The monoisotopic (exact) mass is 431 g/mol. The minimum absolute atomic E-state index is 0.0949. The largest absolute Gasteiger partial charge is 0.356 e. The Morgan fingerprint density at radius 2 is 1.50 bits per heavy atom. The summed E-state index contributed by atoms with van der Waals surface area (Å²) in [5, 5.41) is 10.5. The molecule has 6 heteroatoms. The van der Waals surface area contributed by atoms with Crippen LogP contribution in [0, 0.1) is 0 Å². The lowest BCUT2D eigenvalue weighted by atomic mass is 10.0. The van der Waals surface area contributed by atoms with Crippen molar-refractivity contribution >= 4 is 28.5 Å². The van der Waals surface area contributed by atoms with Crippen molar-refractivity contribution in [2.24, 2.45) is 0 Å². The molecule has 1 unspecified atom stereocenters. The molecule has 0 bridgehead atoms. The molecular formula is C26H29N3O3. The van der Waals surface area contributed by atoms with Crippen LogP contribution >= 0.6 is 0 Å². The first-order valence-corrected chi connectivity index (χ1v) is 10.9. The molecule has 1 atom stereocenters. The van der Waals surface area contributed by atoms with E-state index in [-0.39, 0.29) is 30.7 Å². The van der Waals surface area contributed by atoms with Gasteiger partial charge in [-0.15, -0.1) is 0 Å². The van der Waals surface area contributed by atoms with E-state index in [1.165, 1.54) is 0 Å². The Morgan fingerprint density at radius 1 is 0.781 bits per heavy atom. The van der Waals surface area contributed by atoms with Crippen LogP contribution < -0.4 is 16.0 Å². The number of carbonyl (C=O) groups is 3. The zero-order valence-corrected chi connectivity index (χ0v) is 18.3. The van der Waals surface area contributed by atoms with Gasteiger partial charge in [0, 0.05) is 25.9 Å². The van der Waals surface area contributed by atoms with E-state index in [2.05, 4.69) is 16.0 Å². The van der Waals surface area contributed by atoms with Crippen LogP contribution in [-0.2, 0) is 27.3 Å². The molecule has 0 aliphatic carbocycles. The van der Waals surface area contributed by atoms with Crippen LogP contribution in [0.5, 0.6) is 0 Å². The second-order valence-corrected chi connectivity index (χ2v) is 7.73. The van der Waals surface area contributed by atoms with Gasteiger partial charge in [0.25, 0.3) is 0 Å². The SMILES string of the molecule is CC(NC(=O)CCNC(=O)CCc1ccccc1)C(=O)NCc1cccc2ccccc12. The molecule has 32 heavy (non-hydrogen) atoms. The number of carbonyl (C=O) groups excluding carboxylic acids is 3. The van der Waals surface area contributed by atoms with E-state index >= 15 is 0 Å². The fraction of sp³-hybridized carbons (Fsp3) is 0.269. The van der Waals surface area contributed by atoms with E-state index in [4.69, 9.17) is 0 Å². The summed E-state index contributed by atoms with van der Waals surface area (Å²) in [5.74, 6) is -0.623. The van der Waals surface area contributed by atoms with Crippen molar-refractivity contribution in [3.05, 3.63) is 83.9 Å². The number of amides is 3. The molecule has 3 aromatic carbocycles. The fourth-order valence-corrected chi connectivity index (χ4v) is 3.47. The third-order valence-corrected chi connectivity index (χ3v) is 5.26. The van der Waals surface area contributed by atoms with E-state index in [1.54, 1.807) is 6.92 Å². The molecule has 3 aromatic rings. The molecule has 3 N–H and O–H groups in total. The molecule has 6 nitrogen and oxygen atoms in total.